The monoisotopic (exact) mass is 512 g/mol. The first-order valence-electron chi connectivity index (χ1n) is 13.2. The third kappa shape index (κ3) is 4.07. The summed E-state index contributed by atoms with van der Waals surface area (Å²) in [5.41, 5.74) is 11.3. The highest BCUT2D eigenvalue weighted by atomic mass is 15.3. The van der Waals surface area contributed by atoms with Crippen molar-refractivity contribution in [2.45, 2.75) is 0 Å². The summed E-state index contributed by atoms with van der Waals surface area (Å²) in [6.07, 6.45) is 1.69. The molecule has 5 aromatic carbocycles. The van der Waals surface area contributed by atoms with Gasteiger partial charge in [0.25, 0.3) is 0 Å². The fourth-order valence-electron chi connectivity index (χ4n) is 5.42. The highest BCUT2D eigenvalue weighted by Gasteiger charge is 2.30. The number of rotatable bonds is 4. The third-order valence-electron chi connectivity index (χ3n) is 7.23. The standard InChI is InChI=1S/C36H24N4/c37-25-26-20-21-38-32(22-26)29-12-8-10-27(23-29)28-11-9-15-31(24-28)40-35-18-6-4-16-33(35)39(30-13-2-1-3-14-30)34-17-5-7-19-36(34)40/h1-24H. The molecular formula is C36H24N4. The number of benzene rings is 5. The largest absolute Gasteiger partial charge is 0.306 e. The van der Waals surface area contributed by atoms with Crippen LogP contribution in [0.5, 0.6) is 0 Å². The van der Waals surface area contributed by atoms with Crippen LogP contribution < -0.4 is 9.80 Å². The van der Waals surface area contributed by atoms with Crippen LogP contribution in [0.1, 0.15) is 5.56 Å². The van der Waals surface area contributed by atoms with Crippen LogP contribution >= 0.6 is 0 Å². The Kier molecular flexibility index (Phi) is 5.81. The molecule has 1 aliphatic rings. The van der Waals surface area contributed by atoms with E-state index < -0.39 is 0 Å². The van der Waals surface area contributed by atoms with E-state index in [1.54, 1.807) is 12.3 Å². The quantitative estimate of drug-likeness (QED) is 0.235. The highest BCUT2D eigenvalue weighted by molar-refractivity contribution is 6.01. The van der Waals surface area contributed by atoms with Gasteiger partial charge in [-0.15, -0.1) is 0 Å². The molecule has 0 spiro atoms. The van der Waals surface area contributed by atoms with E-state index in [-0.39, 0.29) is 0 Å². The molecule has 7 rings (SSSR count). The molecule has 6 aromatic rings. The van der Waals surface area contributed by atoms with Crippen molar-refractivity contribution < 1.29 is 0 Å². The molecule has 0 radical (unpaired) electrons. The number of nitriles is 1. The van der Waals surface area contributed by atoms with Crippen LogP contribution in [0.3, 0.4) is 0 Å². The molecule has 0 unspecified atom stereocenters. The molecule has 0 aliphatic carbocycles. The normalized spacial score (nSPS) is 11.9. The second kappa shape index (κ2) is 9.90. The molecule has 0 saturated heterocycles. The molecule has 4 heteroatoms. The van der Waals surface area contributed by atoms with Crippen LogP contribution in [0.2, 0.25) is 0 Å². The number of pyridine rings is 1. The number of anilines is 6. The second-order valence-electron chi connectivity index (χ2n) is 9.66. The van der Waals surface area contributed by atoms with Gasteiger partial charge in [-0.05, 0) is 77.9 Å². The maximum atomic E-state index is 9.33. The SMILES string of the molecule is N#Cc1ccnc(-c2cccc(-c3cccc(N4c5ccccc5N(c5ccccc5)c5ccccc54)c3)c2)c1. The minimum atomic E-state index is 0.601. The van der Waals surface area contributed by atoms with Crippen molar-refractivity contribution in [3.63, 3.8) is 0 Å². The van der Waals surface area contributed by atoms with Gasteiger partial charge in [-0.1, -0.05) is 72.8 Å². The maximum absolute atomic E-state index is 9.33. The minimum absolute atomic E-state index is 0.601. The first-order valence-corrected chi connectivity index (χ1v) is 13.2. The summed E-state index contributed by atoms with van der Waals surface area (Å²) in [6, 6.07) is 50.4. The number of hydrogen-bond acceptors (Lipinski definition) is 4. The number of hydrogen-bond donors (Lipinski definition) is 0. The van der Waals surface area contributed by atoms with Crippen LogP contribution in [-0.2, 0) is 0 Å². The van der Waals surface area contributed by atoms with Crippen LogP contribution in [0.15, 0.2) is 146 Å². The summed E-state index contributed by atoms with van der Waals surface area (Å²) in [4.78, 5) is 9.17. The maximum Gasteiger partial charge on any atom is 0.0992 e. The van der Waals surface area contributed by atoms with Crippen molar-refractivity contribution in [3.05, 3.63) is 151 Å². The van der Waals surface area contributed by atoms with Gasteiger partial charge in [0.1, 0.15) is 0 Å². The van der Waals surface area contributed by atoms with E-state index in [4.69, 9.17) is 0 Å². The first kappa shape index (κ1) is 23.5. The van der Waals surface area contributed by atoms with E-state index in [1.165, 1.54) is 0 Å². The predicted octanol–water partition coefficient (Wildman–Crippen LogP) is 9.54. The molecule has 0 N–H and O–H groups in total. The van der Waals surface area contributed by atoms with Gasteiger partial charge in [0.15, 0.2) is 0 Å². The van der Waals surface area contributed by atoms with Gasteiger partial charge in [-0.3, -0.25) is 4.98 Å². The van der Waals surface area contributed by atoms with Gasteiger partial charge in [0, 0.05) is 23.1 Å². The summed E-state index contributed by atoms with van der Waals surface area (Å²) < 4.78 is 0. The molecule has 0 bridgehead atoms. The van der Waals surface area contributed by atoms with Crippen molar-refractivity contribution in [1.82, 2.24) is 4.98 Å². The third-order valence-corrected chi connectivity index (χ3v) is 7.23. The van der Waals surface area contributed by atoms with E-state index in [0.29, 0.717) is 5.56 Å². The molecule has 4 nitrogen and oxygen atoms in total. The van der Waals surface area contributed by atoms with Gasteiger partial charge >= 0.3 is 0 Å². The molecule has 0 saturated carbocycles. The van der Waals surface area contributed by atoms with E-state index in [1.807, 2.05) is 24.3 Å². The van der Waals surface area contributed by atoms with Crippen molar-refractivity contribution in [3.8, 4) is 28.5 Å². The number of para-hydroxylation sites is 5. The fourth-order valence-corrected chi connectivity index (χ4v) is 5.42. The van der Waals surface area contributed by atoms with Crippen molar-refractivity contribution in [2.75, 3.05) is 9.80 Å². The second-order valence-corrected chi connectivity index (χ2v) is 9.66. The zero-order chi connectivity index (χ0) is 26.9. The summed E-state index contributed by atoms with van der Waals surface area (Å²) in [6.45, 7) is 0. The van der Waals surface area contributed by atoms with E-state index in [9.17, 15) is 5.26 Å². The molecule has 0 atom stereocenters. The van der Waals surface area contributed by atoms with Gasteiger partial charge in [-0.2, -0.15) is 5.26 Å². The summed E-state index contributed by atoms with van der Waals surface area (Å²) >= 11 is 0. The topological polar surface area (TPSA) is 43.2 Å². The van der Waals surface area contributed by atoms with Crippen molar-refractivity contribution in [2.24, 2.45) is 0 Å². The lowest BCUT2D eigenvalue weighted by atomic mass is 9.99. The van der Waals surface area contributed by atoms with E-state index in [2.05, 4.69) is 130 Å². The lowest BCUT2D eigenvalue weighted by Gasteiger charge is -2.40. The van der Waals surface area contributed by atoms with Crippen LogP contribution in [-0.4, -0.2) is 4.98 Å². The number of fused-ring (bicyclic) bond motifs is 2. The number of nitrogens with zero attached hydrogens (tertiary/aromatic N) is 4. The van der Waals surface area contributed by atoms with Gasteiger partial charge in [0.05, 0.1) is 40.1 Å². The van der Waals surface area contributed by atoms with E-state index >= 15 is 0 Å². The number of aromatic nitrogens is 1. The lowest BCUT2D eigenvalue weighted by molar-refractivity contribution is 1.17. The van der Waals surface area contributed by atoms with Crippen LogP contribution in [0, 0.1) is 11.3 Å². The Morgan fingerprint density at radius 2 is 1.00 bits per heavy atom. The fraction of sp³-hybridized carbons (Fsp3) is 0. The molecule has 0 fully saturated rings. The Morgan fingerprint density at radius 1 is 0.475 bits per heavy atom. The smallest absolute Gasteiger partial charge is 0.0992 e. The molecule has 0 amide bonds. The van der Waals surface area contributed by atoms with E-state index in [0.717, 1.165) is 56.5 Å². The summed E-state index contributed by atoms with van der Waals surface area (Å²) in [5, 5.41) is 9.33. The molecule has 1 aromatic heterocycles. The predicted molar refractivity (Wildman–Crippen MR) is 163 cm³/mol. The Hall–Kier alpha value is -5.66. The molecule has 188 valence electrons. The average molecular weight is 513 g/mol. The van der Waals surface area contributed by atoms with Crippen LogP contribution in [0.25, 0.3) is 22.4 Å². The zero-order valence-corrected chi connectivity index (χ0v) is 21.6. The summed E-state index contributed by atoms with van der Waals surface area (Å²) in [7, 11) is 0. The lowest BCUT2D eigenvalue weighted by Crippen LogP contribution is -2.23. The van der Waals surface area contributed by atoms with Gasteiger partial charge < -0.3 is 9.80 Å². The van der Waals surface area contributed by atoms with Crippen LogP contribution in [0.4, 0.5) is 34.1 Å². The molecule has 1 aliphatic heterocycles. The first-order chi connectivity index (χ1) is 19.8. The Morgan fingerprint density at radius 3 is 1.65 bits per heavy atom. The molecular weight excluding hydrogens is 488 g/mol. The van der Waals surface area contributed by atoms with Crippen molar-refractivity contribution in [1.29, 1.82) is 5.26 Å². The Labute approximate surface area is 233 Å². The van der Waals surface area contributed by atoms with Gasteiger partial charge in [0.2, 0.25) is 0 Å². The van der Waals surface area contributed by atoms with Gasteiger partial charge in [-0.25, -0.2) is 0 Å². The highest BCUT2D eigenvalue weighted by Crippen LogP contribution is 2.54. The average Bonchev–Trinajstić information content (AvgIpc) is 3.04. The zero-order valence-electron chi connectivity index (χ0n) is 21.6. The Balaban J connectivity index is 1.35. The van der Waals surface area contributed by atoms with Crippen molar-refractivity contribution >= 4 is 34.1 Å². The molecule has 40 heavy (non-hydrogen) atoms. The molecule has 2 heterocycles. The minimum Gasteiger partial charge on any atom is -0.306 e. The Bertz CT molecular complexity index is 1840. The summed E-state index contributed by atoms with van der Waals surface area (Å²) in [5.74, 6) is 0.